The van der Waals surface area contributed by atoms with E-state index in [1.54, 1.807) is 36.4 Å². The molecule has 2 saturated heterocycles. The molecule has 2 aliphatic rings. The first-order valence-electron chi connectivity index (χ1n) is 11.2. The molecule has 10 heteroatoms. The standard InChI is InChI=1S/C24H26N2O8/c27-21(25-11-3-7-17(25)23(29)30)13-33-19-9-10-20(16-6-2-1-5-15(16)19)34-14-22(28)26-12-4-8-18(26)24(31)32/h1-2,5-6,9-10,17-18H,3-4,7-8,11-14H2,(H,29,30)(H,31,32)/t17-,18-/m1/s1. The topological polar surface area (TPSA) is 134 Å². The van der Waals surface area contributed by atoms with Gasteiger partial charge in [0.15, 0.2) is 13.2 Å². The highest BCUT2D eigenvalue weighted by Gasteiger charge is 2.35. The third-order valence-electron chi connectivity index (χ3n) is 6.26. The van der Waals surface area contributed by atoms with E-state index in [1.165, 1.54) is 9.80 Å². The molecular formula is C24H26N2O8. The van der Waals surface area contributed by atoms with E-state index >= 15 is 0 Å². The van der Waals surface area contributed by atoms with Crippen LogP contribution in [-0.4, -0.2) is 82.2 Å². The van der Waals surface area contributed by atoms with E-state index < -0.39 is 35.8 Å². The average Bonchev–Trinajstić information content (AvgIpc) is 3.51. The predicted octanol–water partition coefficient (Wildman–Crippen LogP) is 1.75. The summed E-state index contributed by atoms with van der Waals surface area (Å²) in [5, 5.41) is 19.9. The van der Waals surface area contributed by atoms with Crippen molar-refractivity contribution < 1.29 is 38.9 Å². The molecule has 0 unspecified atom stereocenters. The molecule has 10 nitrogen and oxygen atoms in total. The van der Waals surface area contributed by atoms with E-state index in [9.17, 15) is 29.4 Å². The Labute approximate surface area is 195 Å². The Morgan fingerprint density at radius 1 is 0.735 bits per heavy atom. The zero-order chi connectivity index (χ0) is 24.2. The van der Waals surface area contributed by atoms with Crippen LogP contribution in [0.15, 0.2) is 36.4 Å². The smallest absolute Gasteiger partial charge is 0.326 e. The summed E-state index contributed by atoms with van der Waals surface area (Å²) in [6, 6.07) is 8.80. The fourth-order valence-electron chi connectivity index (χ4n) is 4.58. The summed E-state index contributed by atoms with van der Waals surface area (Å²) in [5.41, 5.74) is 0. The number of carbonyl (C=O) groups excluding carboxylic acids is 2. The predicted molar refractivity (Wildman–Crippen MR) is 120 cm³/mol. The fraction of sp³-hybridized carbons (Fsp3) is 0.417. The van der Waals surface area contributed by atoms with Gasteiger partial charge in [-0.3, -0.25) is 9.59 Å². The van der Waals surface area contributed by atoms with E-state index in [-0.39, 0.29) is 13.2 Å². The van der Waals surface area contributed by atoms with Crippen molar-refractivity contribution >= 4 is 34.5 Å². The van der Waals surface area contributed by atoms with E-state index in [0.29, 0.717) is 61.0 Å². The number of benzene rings is 2. The SMILES string of the molecule is O=C(O)[C@H]1CCCN1C(=O)COc1ccc(OCC(=O)N2CCC[C@@H]2C(=O)O)c2ccccc12. The van der Waals surface area contributed by atoms with Crippen LogP contribution in [0.3, 0.4) is 0 Å². The van der Waals surface area contributed by atoms with Gasteiger partial charge in [-0.25, -0.2) is 9.59 Å². The van der Waals surface area contributed by atoms with Gasteiger partial charge in [-0.05, 0) is 37.8 Å². The minimum atomic E-state index is -1.02. The van der Waals surface area contributed by atoms with Crippen LogP contribution >= 0.6 is 0 Å². The van der Waals surface area contributed by atoms with E-state index in [4.69, 9.17) is 9.47 Å². The van der Waals surface area contributed by atoms with Crippen LogP contribution < -0.4 is 9.47 Å². The van der Waals surface area contributed by atoms with Crippen molar-refractivity contribution in [3.63, 3.8) is 0 Å². The largest absolute Gasteiger partial charge is 0.483 e. The van der Waals surface area contributed by atoms with Crippen LogP contribution in [-0.2, 0) is 19.2 Å². The zero-order valence-electron chi connectivity index (χ0n) is 18.5. The van der Waals surface area contributed by atoms with Crippen LogP contribution in [0.25, 0.3) is 10.8 Å². The summed E-state index contributed by atoms with van der Waals surface area (Å²) in [6.45, 7) is 0.191. The van der Waals surface area contributed by atoms with Crippen molar-refractivity contribution in [2.45, 2.75) is 37.8 Å². The second-order valence-corrected chi connectivity index (χ2v) is 8.35. The van der Waals surface area contributed by atoms with Crippen LogP contribution in [0.4, 0.5) is 0 Å². The Hall–Kier alpha value is -3.82. The summed E-state index contributed by atoms with van der Waals surface area (Å²) in [7, 11) is 0. The number of nitrogens with zero attached hydrogens (tertiary/aromatic N) is 2. The third-order valence-corrected chi connectivity index (χ3v) is 6.26. The van der Waals surface area contributed by atoms with Gasteiger partial charge in [0.2, 0.25) is 0 Å². The molecule has 2 aliphatic heterocycles. The van der Waals surface area contributed by atoms with Crippen LogP contribution in [0.5, 0.6) is 11.5 Å². The monoisotopic (exact) mass is 470 g/mol. The van der Waals surface area contributed by atoms with Crippen molar-refractivity contribution in [2.24, 2.45) is 0 Å². The molecule has 0 spiro atoms. The molecule has 180 valence electrons. The Morgan fingerprint density at radius 2 is 1.15 bits per heavy atom. The van der Waals surface area contributed by atoms with Gasteiger partial charge in [0.1, 0.15) is 23.6 Å². The van der Waals surface area contributed by atoms with Crippen molar-refractivity contribution in [3.8, 4) is 11.5 Å². The minimum Gasteiger partial charge on any atom is -0.483 e. The minimum absolute atomic E-state index is 0.294. The number of carbonyl (C=O) groups is 4. The van der Waals surface area contributed by atoms with Crippen molar-refractivity contribution in [3.05, 3.63) is 36.4 Å². The van der Waals surface area contributed by atoms with Gasteiger partial charge in [0.05, 0.1) is 0 Å². The van der Waals surface area contributed by atoms with Gasteiger partial charge >= 0.3 is 11.9 Å². The lowest BCUT2D eigenvalue weighted by Crippen LogP contribution is -2.42. The molecule has 0 saturated carbocycles. The summed E-state index contributed by atoms with van der Waals surface area (Å²) in [5.74, 6) is -1.96. The number of carboxylic acids is 2. The van der Waals surface area contributed by atoms with Gasteiger partial charge in [-0.2, -0.15) is 0 Å². The van der Waals surface area contributed by atoms with Gasteiger partial charge in [-0.15, -0.1) is 0 Å². The second-order valence-electron chi connectivity index (χ2n) is 8.35. The molecular weight excluding hydrogens is 444 g/mol. The lowest BCUT2D eigenvalue weighted by Gasteiger charge is -2.22. The summed E-state index contributed by atoms with van der Waals surface area (Å²) >= 11 is 0. The Bertz CT molecular complexity index is 1030. The van der Waals surface area contributed by atoms with Crippen LogP contribution in [0.2, 0.25) is 0 Å². The van der Waals surface area contributed by atoms with Gasteiger partial charge < -0.3 is 29.5 Å². The van der Waals surface area contributed by atoms with E-state index in [2.05, 4.69) is 0 Å². The number of amides is 2. The maximum atomic E-state index is 12.5. The molecule has 2 fully saturated rings. The number of hydrogen-bond donors (Lipinski definition) is 2. The number of aliphatic carboxylic acids is 2. The normalized spacial score (nSPS) is 19.9. The fourth-order valence-corrected chi connectivity index (χ4v) is 4.58. The highest BCUT2D eigenvalue weighted by molar-refractivity contribution is 5.94. The first kappa shape index (κ1) is 23.3. The zero-order valence-corrected chi connectivity index (χ0v) is 18.5. The van der Waals surface area contributed by atoms with Crippen molar-refractivity contribution in [1.29, 1.82) is 0 Å². The number of fused-ring (bicyclic) bond motifs is 1. The van der Waals surface area contributed by atoms with Crippen molar-refractivity contribution in [1.82, 2.24) is 9.80 Å². The van der Waals surface area contributed by atoms with Gasteiger partial charge in [0.25, 0.3) is 11.8 Å². The molecule has 34 heavy (non-hydrogen) atoms. The molecule has 2 aromatic carbocycles. The van der Waals surface area contributed by atoms with Crippen molar-refractivity contribution in [2.75, 3.05) is 26.3 Å². The number of ether oxygens (including phenoxy) is 2. The Kier molecular flexibility index (Phi) is 6.85. The number of carboxylic acid groups (broad SMARTS) is 2. The molecule has 2 heterocycles. The Balaban J connectivity index is 1.44. The quantitative estimate of drug-likeness (QED) is 0.596. The second kappa shape index (κ2) is 9.98. The summed E-state index contributed by atoms with van der Waals surface area (Å²) in [6.07, 6.45) is 2.14. The highest BCUT2D eigenvalue weighted by Crippen LogP contribution is 2.33. The summed E-state index contributed by atoms with van der Waals surface area (Å²) < 4.78 is 11.5. The first-order chi connectivity index (χ1) is 16.4. The molecule has 0 radical (unpaired) electrons. The maximum absolute atomic E-state index is 12.5. The van der Waals surface area contributed by atoms with Gasteiger partial charge in [0, 0.05) is 23.9 Å². The summed E-state index contributed by atoms with van der Waals surface area (Å²) in [4.78, 5) is 50.4. The Morgan fingerprint density at radius 3 is 1.53 bits per heavy atom. The first-order valence-corrected chi connectivity index (χ1v) is 11.2. The van der Waals surface area contributed by atoms with Gasteiger partial charge in [-0.1, -0.05) is 24.3 Å². The van der Waals surface area contributed by atoms with E-state index in [1.807, 2.05) is 0 Å². The molecule has 2 amide bonds. The molecule has 2 N–H and O–H groups in total. The maximum Gasteiger partial charge on any atom is 0.326 e. The molecule has 0 bridgehead atoms. The number of hydrogen-bond acceptors (Lipinski definition) is 6. The average molecular weight is 470 g/mol. The number of rotatable bonds is 8. The van der Waals surface area contributed by atoms with E-state index in [0.717, 1.165) is 0 Å². The molecule has 2 aromatic rings. The lowest BCUT2D eigenvalue weighted by atomic mass is 10.1. The molecule has 0 aromatic heterocycles. The van der Waals surface area contributed by atoms with Crippen LogP contribution in [0, 0.1) is 0 Å². The number of likely N-dealkylation sites (tertiary alicyclic amines) is 2. The lowest BCUT2D eigenvalue weighted by molar-refractivity contribution is -0.149. The third kappa shape index (κ3) is 4.75. The molecule has 2 atom stereocenters. The highest BCUT2D eigenvalue weighted by atomic mass is 16.5. The molecule has 0 aliphatic carbocycles. The van der Waals surface area contributed by atoms with Crippen LogP contribution in [0.1, 0.15) is 25.7 Å². The molecule has 4 rings (SSSR count).